The van der Waals surface area contributed by atoms with Gasteiger partial charge in [-0.2, -0.15) is 13.2 Å². The van der Waals surface area contributed by atoms with Gasteiger partial charge in [0.15, 0.2) is 0 Å². The average Bonchev–Trinajstić information content (AvgIpc) is 3.00. The van der Waals surface area contributed by atoms with Gasteiger partial charge in [-0.3, -0.25) is 4.79 Å². The zero-order chi connectivity index (χ0) is 20.9. The number of aromatic nitrogens is 1. The molecule has 1 aliphatic rings. The Hall–Kier alpha value is -2.61. The molecule has 4 rings (SSSR count). The molecule has 0 aliphatic heterocycles. The summed E-state index contributed by atoms with van der Waals surface area (Å²) in [5.41, 5.74) is 8.94. The zero-order valence-electron chi connectivity index (χ0n) is 16.0. The molecule has 0 unspecified atom stereocenters. The molecule has 152 valence electrons. The van der Waals surface area contributed by atoms with Crippen LogP contribution in [0.2, 0.25) is 0 Å². The molecule has 2 heterocycles. The van der Waals surface area contributed by atoms with Gasteiger partial charge in [0.1, 0.15) is 15.4 Å². The molecule has 0 spiro atoms. The molecule has 0 fully saturated rings. The van der Waals surface area contributed by atoms with Crippen molar-refractivity contribution in [3.05, 3.63) is 51.0 Å². The van der Waals surface area contributed by atoms with Gasteiger partial charge in [-0.05, 0) is 61.8 Å². The van der Waals surface area contributed by atoms with Crippen LogP contribution >= 0.6 is 11.3 Å². The van der Waals surface area contributed by atoms with Gasteiger partial charge < -0.3 is 11.1 Å². The van der Waals surface area contributed by atoms with E-state index in [0.717, 1.165) is 28.9 Å². The number of para-hydroxylation sites is 1. The molecule has 0 saturated carbocycles. The summed E-state index contributed by atoms with van der Waals surface area (Å²) < 4.78 is 40.7. The first-order valence-electron chi connectivity index (χ1n) is 9.37. The van der Waals surface area contributed by atoms with Gasteiger partial charge in [0.25, 0.3) is 5.91 Å². The van der Waals surface area contributed by atoms with Crippen LogP contribution in [0.1, 0.15) is 50.5 Å². The average molecular weight is 419 g/mol. The number of nitrogens with two attached hydrogens (primary N) is 1. The van der Waals surface area contributed by atoms with E-state index in [1.165, 1.54) is 0 Å². The van der Waals surface area contributed by atoms with Gasteiger partial charge in [0, 0.05) is 11.1 Å². The van der Waals surface area contributed by atoms with Crippen molar-refractivity contribution in [1.82, 2.24) is 4.98 Å². The summed E-state index contributed by atoms with van der Waals surface area (Å²) in [5, 5.41) is 3.37. The summed E-state index contributed by atoms with van der Waals surface area (Å²) >= 11 is 0.918. The van der Waals surface area contributed by atoms with Gasteiger partial charge in [0.2, 0.25) is 0 Å². The number of carbonyl (C=O) groups is 1. The lowest BCUT2D eigenvalue weighted by atomic mass is 9.88. The van der Waals surface area contributed by atoms with Gasteiger partial charge >= 0.3 is 6.18 Å². The Morgan fingerprint density at radius 1 is 1.14 bits per heavy atom. The van der Waals surface area contributed by atoms with Gasteiger partial charge in [-0.1, -0.05) is 18.2 Å². The number of nitrogens with one attached hydrogen (secondary N) is 1. The lowest BCUT2D eigenvalue weighted by Crippen LogP contribution is -2.17. The molecule has 8 heteroatoms. The quantitative estimate of drug-likeness (QED) is 0.564. The maximum atomic E-state index is 13.6. The number of hydrogen-bond donors (Lipinski definition) is 2. The first-order valence-corrected chi connectivity index (χ1v) is 10.2. The van der Waals surface area contributed by atoms with Gasteiger partial charge in [0.05, 0.1) is 5.69 Å². The topological polar surface area (TPSA) is 68.0 Å². The van der Waals surface area contributed by atoms with E-state index in [0.29, 0.717) is 35.9 Å². The van der Waals surface area contributed by atoms with E-state index in [-0.39, 0.29) is 21.0 Å². The Bertz CT molecular complexity index is 1110. The monoisotopic (exact) mass is 419 g/mol. The van der Waals surface area contributed by atoms with Crippen molar-refractivity contribution in [3.8, 4) is 0 Å². The van der Waals surface area contributed by atoms with Crippen molar-refractivity contribution in [2.24, 2.45) is 0 Å². The number of rotatable bonds is 2. The number of alkyl halides is 3. The Kier molecular flexibility index (Phi) is 4.77. The summed E-state index contributed by atoms with van der Waals surface area (Å²) in [4.78, 5) is 17.2. The van der Waals surface area contributed by atoms with Crippen molar-refractivity contribution in [2.75, 3.05) is 11.1 Å². The molecule has 2 aromatic heterocycles. The largest absolute Gasteiger partial charge is 0.433 e. The summed E-state index contributed by atoms with van der Waals surface area (Å²) in [6.45, 7) is 3.76. The third kappa shape index (κ3) is 3.35. The molecular formula is C21H20F3N3OS. The second-order valence-electron chi connectivity index (χ2n) is 7.37. The number of halogens is 3. The Morgan fingerprint density at radius 2 is 1.76 bits per heavy atom. The van der Waals surface area contributed by atoms with Gasteiger partial charge in [-0.25, -0.2) is 4.98 Å². The number of thiophene rings is 1. The lowest BCUT2D eigenvalue weighted by molar-refractivity contribution is -0.141. The SMILES string of the molecule is Cc1cccc(C)c1NC(=O)c1sc2nc(C(F)(F)F)c3c(c2c1N)CCCC3. The van der Waals surface area contributed by atoms with Crippen LogP contribution in [0.25, 0.3) is 10.2 Å². The highest BCUT2D eigenvalue weighted by Gasteiger charge is 2.38. The number of pyridine rings is 1. The second-order valence-corrected chi connectivity index (χ2v) is 8.37. The first-order chi connectivity index (χ1) is 13.7. The Morgan fingerprint density at radius 3 is 2.38 bits per heavy atom. The van der Waals surface area contributed by atoms with E-state index in [1.807, 2.05) is 32.0 Å². The van der Waals surface area contributed by atoms with Crippen LogP contribution in [0.15, 0.2) is 18.2 Å². The maximum absolute atomic E-state index is 13.6. The van der Waals surface area contributed by atoms with E-state index in [1.54, 1.807) is 0 Å². The highest BCUT2D eigenvalue weighted by Crippen LogP contribution is 2.43. The number of aryl methyl sites for hydroxylation is 3. The summed E-state index contributed by atoms with van der Waals surface area (Å²) in [6.07, 6.45) is -2.21. The minimum atomic E-state index is -4.53. The smallest absolute Gasteiger partial charge is 0.397 e. The molecule has 1 aromatic carbocycles. The summed E-state index contributed by atoms with van der Waals surface area (Å²) in [7, 11) is 0. The third-order valence-corrected chi connectivity index (χ3v) is 6.49. The molecule has 4 nitrogen and oxygen atoms in total. The second kappa shape index (κ2) is 7.02. The predicted molar refractivity (Wildman–Crippen MR) is 110 cm³/mol. The number of benzene rings is 1. The Labute approximate surface area is 169 Å². The normalized spacial score (nSPS) is 14.1. The van der Waals surface area contributed by atoms with E-state index in [2.05, 4.69) is 10.3 Å². The number of amides is 1. The lowest BCUT2D eigenvalue weighted by Gasteiger charge is -2.21. The van der Waals surface area contributed by atoms with Crippen molar-refractivity contribution in [2.45, 2.75) is 45.7 Å². The zero-order valence-corrected chi connectivity index (χ0v) is 16.9. The van der Waals surface area contributed by atoms with Crippen molar-refractivity contribution >= 4 is 38.8 Å². The van der Waals surface area contributed by atoms with Crippen LogP contribution in [-0.2, 0) is 19.0 Å². The molecule has 0 radical (unpaired) electrons. The number of nitrogen functional groups attached to an aromatic ring is 1. The van der Waals surface area contributed by atoms with Crippen LogP contribution in [0.3, 0.4) is 0 Å². The third-order valence-electron chi connectivity index (χ3n) is 5.39. The van der Waals surface area contributed by atoms with E-state index in [9.17, 15) is 18.0 Å². The molecule has 1 aliphatic carbocycles. The highest BCUT2D eigenvalue weighted by atomic mass is 32.1. The number of nitrogens with zero attached hydrogens (tertiary/aromatic N) is 1. The number of hydrogen-bond acceptors (Lipinski definition) is 4. The van der Waals surface area contributed by atoms with Crippen LogP contribution in [-0.4, -0.2) is 10.9 Å². The van der Waals surface area contributed by atoms with Gasteiger partial charge in [-0.15, -0.1) is 11.3 Å². The van der Waals surface area contributed by atoms with Crippen LogP contribution < -0.4 is 11.1 Å². The molecule has 3 aromatic rings. The van der Waals surface area contributed by atoms with Crippen LogP contribution in [0.4, 0.5) is 24.5 Å². The van der Waals surface area contributed by atoms with Crippen LogP contribution in [0.5, 0.6) is 0 Å². The van der Waals surface area contributed by atoms with E-state index in [4.69, 9.17) is 5.73 Å². The van der Waals surface area contributed by atoms with Crippen molar-refractivity contribution in [1.29, 1.82) is 0 Å². The fraction of sp³-hybridized carbons (Fsp3) is 0.333. The molecule has 29 heavy (non-hydrogen) atoms. The molecule has 3 N–H and O–H groups in total. The fourth-order valence-electron chi connectivity index (χ4n) is 4.00. The minimum Gasteiger partial charge on any atom is -0.397 e. The number of carbonyl (C=O) groups excluding carboxylic acids is 1. The first kappa shape index (κ1) is 19.7. The molecule has 0 bridgehead atoms. The van der Waals surface area contributed by atoms with Crippen molar-refractivity contribution < 1.29 is 18.0 Å². The number of anilines is 2. The summed E-state index contributed by atoms with van der Waals surface area (Å²) in [5.74, 6) is -0.430. The highest BCUT2D eigenvalue weighted by molar-refractivity contribution is 7.21. The van der Waals surface area contributed by atoms with Crippen molar-refractivity contribution in [3.63, 3.8) is 0 Å². The molecule has 0 atom stereocenters. The fourth-order valence-corrected chi connectivity index (χ4v) is 5.02. The maximum Gasteiger partial charge on any atom is 0.433 e. The van der Waals surface area contributed by atoms with E-state index >= 15 is 0 Å². The van der Waals surface area contributed by atoms with Crippen LogP contribution in [0, 0.1) is 13.8 Å². The molecular weight excluding hydrogens is 399 g/mol. The Balaban J connectivity index is 1.85. The molecule has 1 amide bonds. The van der Waals surface area contributed by atoms with E-state index < -0.39 is 17.8 Å². The minimum absolute atomic E-state index is 0.169. The predicted octanol–water partition coefficient (Wildman–Crippen LogP) is 5.65. The number of fused-ring (bicyclic) bond motifs is 3. The summed E-state index contributed by atoms with van der Waals surface area (Å²) in [6, 6.07) is 5.65. The standard InChI is InChI=1S/C21H20F3N3OS/c1-10-6-5-7-11(2)16(10)26-19(28)17-15(25)14-12-8-3-4-9-13(12)18(21(22,23)24)27-20(14)29-17/h5-7H,3-4,8-9,25H2,1-2H3,(H,26,28). The molecule has 0 saturated heterocycles.